The topological polar surface area (TPSA) is 235 Å². The van der Waals surface area contributed by atoms with E-state index in [1.807, 2.05) is 0 Å². The number of aromatic amines is 1. The molecule has 1 aliphatic heterocycles. The summed E-state index contributed by atoms with van der Waals surface area (Å²) in [6.07, 6.45) is 4.51. The van der Waals surface area contributed by atoms with Gasteiger partial charge in [-0.05, 0) is 32.6 Å². The molecule has 34 heavy (non-hydrogen) atoms. The second kappa shape index (κ2) is 12.5. The van der Waals surface area contributed by atoms with Crippen molar-refractivity contribution in [3.05, 3.63) is 18.2 Å². The molecule has 1 aromatic rings. The highest BCUT2D eigenvalue weighted by molar-refractivity contribution is 5.94. The van der Waals surface area contributed by atoms with Gasteiger partial charge in [0.2, 0.25) is 17.7 Å². The molecule has 1 fully saturated rings. The van der Waals surface area contributed by atoms with E-state index >= 15 is 0 Å². The van der Waals surface area contributed by atoms with Crippen LogP contribution in [-0.2, 0) is 25.6 Å². The molecule has 188 valence electrons. The third kappa shape index (κ3) is 7.72. The summed E-state index contributed by atoms with van der Waals surface area (Å²) < 4.78 is 0. The van der Waals surface area contributed by atoms with Gasteiger partial charge in [0.15, 0.2) is 5.96 Å². The highest BCUT2D eigenvalue weighted by Gasteiger charge is 2.39. The number of aliphatic carboxylic acids is 1. The fraction of sp³-hybridized carbons (Fsp3) is 0.600. The summed E-state index contributed by atoms with van der Waals surface area (Å²) in [6.45, 7) is 2.02. The number of nitrogens with two attached hydrogens (primary N) is 3. The normalized spacial score (nSPS) is 17.9. The van der Waals surface area contributed by atoms with Crippen molar-refractivity contribution in [2.75, 3.05) is 13.1 Å². The molecule has 0 aromatic carbocycles. The number of carboxylic acid groups (broad SMARTS) is 1. The Morgan fingerprint density at radius 3 is 2.62 bits per heavy atom. The molecule has 10 N–H and O–H groups in total. The molecular weight excluding hydrogens is 446 g/mol. The zero-order valence-corrected chi connectivity index (χ0v) is 19.1. The van der Waals surface area contributed by atoms with Gasteiger partial charge in [-0.3, -0.25) is 19.4 Å². The van der Waals surface area contributed by atoms with Crippen LogP contribution in [0.1, 0.15) is 38.3 Å². The lowest BCUT2D eigenvalue weighted by Gasteiger charge is -2.29. The molecule has 0 radical (unpaired) electrons. The summed E-state index contributed by atoms with van der Waals surface area (Å²) in [7, 11) is 0. The molecule has 3 amide bonds. The standard InChI is InChI=1S/C20H33N9O5/c1-11(21)16(30)28-14(8-12-9-24-10-26-12)18(32)29-7-3-5-15(29)17(31)27-13(19(33)34)4-2-6-25-20(22)23/h9-11,13-15H,2-8,21H2,1H3,(H,24,26)(H,27,31)(H,28,30)(H,33,34)(H4,22,23,25). The fourth-order valence-corrected chi connectivity index (χ4v) is 3.65. The van der Waals surface area contributed by atoms with Crippen molar-refractivity contribution in [2.45, 2.75) is 63.2 Å². The summed E-state index contributed by atoms with van der Waals surface area (Å²) in [4.78, 5) is 62.1. The highest BCUT2D eigenvalue weighted by Crippen LogP contribution is 2.20. The van der Waals surface area contributed by atoms with E-state index in [4.69, 9.17) is 17.2 Å². The van der Waals surface area contributed by atoms with Crippen LogP contribution in [0.15, 0.2) is 17.5 Å². The second-order valence-electron chi connectivity index (χ2n) is 8.17. The van der Waals surface area contributed by atoms with Crippen molar-refractivity contribution in [2.24, 2.45) is 22.2 Å². The Bertz CT molecular complexity index is 883. The van der Waals surface area contributed by atoms with Crippen molar-refractivity contribution >= 4 is 29.7 Å². The Morgan fingerprint density at radius 2 is 2.03 bits per heavy atom. The number of guanidine groups is 1. The van der Waals surface area contributed by atoms with Gasteiger partial charge in [0.25, 0.3) is 0 Å². The first kappa shape index (κ1) is 26.6. The number of likely N-dealkylation sites (tertiary alicyclic amines) is 1. The number of H-pyrrole nitrogens is 1. The number of hydrogen-bond acceptors (Lipinski definition) is 7. The van der Waals surface area contributed by atoms with Gasteiger partial charge in [-0.1, -0.05) is 0 Å². The quantitative estimate of drug-likeness (QED) is 0.0943. The third-order valence-electron chi connectivity index (χ3n) is 5.41. The molecule has 14 heteroatoms. The van der Waals surface area contributed by atoms with Crippen molar-refractivity contribution < 1.29 is 24.3 Å². The van der Waals surface area contributed by atoms with Crippen LogP contribution in [0.2, 0.25) is 0 Å². The van der Waals surface area contributed by atoms with Gasteiger partial charge in [0, 0.05) is 31.4 Å². The summed E-state index contributed by atoms with van der Waals surface area (Å²) in [6, 6.07) is -3.81. The van der Waals surface area contributed by atoms with Gasteiger partial charge in [-0.2, -0.15) is 0 Å². The van der Waals surface area contributed by atoms with E-state index in [-0.39, 0.29) is 25.3 Å². The van der Waals surface area contributed by atoms with Crippen molar-refractivity contribution in [3.63, 3.8) is 0 Å². The van der Waals surface area contributed by atoms with Crippen LogP contribution in [0.4, 0.5) is 0 Å². The highest BCUT2D eigenvalue weighted by atomic mass is 16.4. The number of amides is 3. The molecule has 4 unspecified atom stereocenters. The molecule has 0 aliphatic carbocycles. The predicted molar refractivity (Wildman–Crippen MR) is 122 cm³/mol. The Kier molecular flexibility index (Phi) is 9.79. The van der Waals surface area contributed by atoms with Gasteiger partial charge in [0.05, 0.1) is 12.4 Å². The zero-order valence-electron chi connectivity index (χ0n) is 19.1. The molecule has 0 saturated carbocycles. The van der Waals surface area contributed by atoms with E-state index in [0.29, 0.717) is 31.5 Å². The summed E-state index contributed by atoms with van der Waals surface area (Å²) in [5.74, 6) is -2.84. The molecule has 2 heterocycles. The lowest BCUT2D eigenvalue weighted by Crippen LogP contribution is -2.57. The van der Waals surface area contributed by atoms with Crippen LogP contribution >= 0.6 is 0 Å². The largest absolute Gasteiger partial charge is 0.480 e. The number of aliphatic imine (C=N–C) groups is 1. The molecule has 4 atom stereocenters. The van der Waals surface area contributed by atoms with Crippen LogP contribution in [-0.4, -0.2) is 86.9 Å². The first-order chi connectivity index (χ1) is 16.1. The van der Waals surface area contributed by atoms with E-state index in [0.717, 1.165) is 0 Å². The Morgan fingerprint density at radius 1 is 1.29 bits per heavy atom. The second-order valence-corrected chi connectivity index (χ2v) is 8.17. The van der Waals surface area contributed by atoms with Gasteiger partial charge in [-0.15, -0.1) is 0 Å². The van der Waals surface area contributed by atoms with Gasteiger partial charge < -0.3 is 42.8 Å². The van der Waals surface area contributed by atoms with Crippen LogP contribution in [0.25, 0.3) is 0 Å². The number of aromatic nitrogens is 2. The zero-order chi connectivity index (χ0) is 25.3. The van der Waals surface area contributed by atoms with Crippen LogP contribution in [0, 0.1) is 0 Å². The Balaban J connectivity index is 2.09. The third-order valence-corrected chi connectivity index (χ3v) is 5.41. The molecule has 1 aliphatic rings. The van der Waals surface area contributed by atoms with E-state index in [9.17, 15) is 24.3 Å². The number of carboxylic acids is 1. The number of imidazole rings is 1. The molecule has 2 rings (SSSR count). The lowest BCUT2D eigenvalue weighted by molar-refractivity contribution is -0.145. The smallest absolute Gasteiger partial charge is 0.326 e. The van der Waals surface area contributed by atoms with E-state index in [1.165, 1.54) is 24.3 Å². The first-order valence-electron chi connectivity index (χ1n) is 11.0. The number of nitrogens with one attached hydrogen (secondary N) is 3. The Labute approximate surface area is 196 Å². The van der Waals surface area contributed by atoms with Crippen molar-refractivity contribution in [1.29, 1.82) is 0 Å². The maximum absolute atomic E-state index is 13.3. The minimum Gasteiger partial charge on any atom is -0.480 e. The average molecular weight is 480 g/mol. The fourth-order valence-electron chi connectivity index (χ4n) is 3.65. The molecule has 1 saturated heterocycles. The maximum atomic E-state index is 13.3. The summed E-state index contributed by atoms with van der Waals surface area (Å²) in [5.41, 5.74) is 16.8. The van der Waals surface area contributed by atoms with Crippen molar-refractivity contribution in [1.82, 2.24) is 25.5 Å². The van der Waals surface area contributed by atoms with E-state index < -0.39 is 47.9 Å². The maximum Gasteiger partial charge on any atom is 0.326 e. The number of carbonyl (C=O) groups is 4. The SMILES string of the molecule is CC(N)C(=O)NC(Cc1cnc[nH]1)C(=O)N1CCCC1C(=O)NC(CCCN=C(N)N)C(=O)O. The summed E-state index contributed by atoms with van der Waals surface area (Å²) >= 11 is 0. The van der Waals surface area contributed by atoms with Crippen LogP contribution in [0.3, 0.4) is 0 Å². The van der Waals surface area contributed by atoms with E-state index in [1.54, 1.807) is 0 Å². The van der Waals surface area contributed by atoms with Gasteiger partial charge in [0.1, 0.15) is 18.1 Å². The van der Waals surface area contributed by atoms with Crippen LogP contribution in [0.5, 0.6) is 0 Å². The van der Waals surface area contributed by atoms with Gasteiger partial charge in [-0.25, -0.2) is 9.78 Å². The molecule has 0 spiro atoms. The summed E-state index contributed by atoms with van der Waals surface area (Å²) in [5, 5.41) is 14.6. The van der Waals surface area contributed by atoms with Gasteiger partial charge >= 0.3 is 5.97 Å². The minimum absolute atomic E-state index is 0.100. The average Bonchev–Trinajstić information content (AvgIpc) is 3.46. The molecular formula is C20H33N9O5. The monoisotopic (exact) mass is 479 g/mol. The molecule has 1 aromatic heterocycles. The molecule has 0 bridgehead atoms. The van der Waals surface area contributed by atoms with Crippen LogP contribution < -0.4 is 27.8 Å². The van der Waals surface area contributed by atoms with E-state index in [2.05, 4.69) is 25.6 Å². The number of carbonyl (C=O) groups excluding carboxylic acids is 3. The first-order valence-corrected chi connectivity index (χ1v) is 11.0. The lowest BCUT2D eigenvalue weighted by atomic mass is 10.1. The predicted octanol–water partition coefficient (Wildman–Crippen LogP) is -2.60. The number of rotatable bonds is 12. The molecule has 14 nitrogen and oxygen atoms in total. The number of hydrogen-bond donors (Lipinski definition) is 7. The van der Waals surface area contributed by atoms with Crippen molar-refractivity contribution in [3.8, 4) is 0 Å². The Hall–Kier alpha value is -3.68. The minimum atomic E-state index is -1.20. The number of nitrogens with zero attached hydrogens (tertiary/aromatic N) is 3.